The summed E-state index contributed by atoms with van der Waals surface area (Å²) in [5.74, 6) is 1.58. The summed E-state index contributed by atoms with van der Waals surface area (Å²) in [7, 11) is 0. The zero-order chi connectivity index (χ0) is 18.5. The summed E-state index contributed by atoms with van der Waals surface area (Å²) >= 11 is 1.58. The Labute approximate surface area is 207 Å². The molecule has 2 aliphatic carbocycles. The van der Waals surface area contributed by atoms with Crippen molar-refractivity contribution in [2.75, 3.05) is 0 Å². The van der Waals surface area contributed by atoms with Crippen LogP contribution in [0, 0.1) is 38.8 Å². The van der Waals surface area contributed by atoms with Crippen LogP contribution in [0.1, 0.15) is 80.1 Å². The molecule has 0 N–H and O–H groups in total. The molecule has 2 aliphatic rings. The molecule has 0 aromatic rings. The molecule has 0 saturated carbocycles. The third-order valence-electron chi connectivity index (χ3n) is 3.94. The fourth-order valence-corrected chi connectivity index (χ4v) is 2.92. The van der Waals surface area contributed by atoms with Gasteiger partial charge in [-0.1, -0.05) is 54.4 Å². The molecule has 166 valence electrons. The molecule has 28 heavy (non-hydrogen) atoms. The van der Waals surface area contributed by atoms with Crippen molar-refractivity contribution in [3.63, 3.8) is 0 Å². The summed E-state index contributed by atoms with van der Waals surface area (Å²) in [6.45, 7) is 15.4. The Morgan fingerprint density at radius 1 is 0.786 bits per heavy atom. The summed E-state index contributed by atoms with van der Waals surface area (Å²) in [5.41, 5.74) is 5.94. The molecule has 0 bridgehead atoms. The molecule has 4 heteroatoms. The molecule has 0 fully saturated rings. The standard InChI is InChI=1S/2C11H17.2CH3.2ClH.H2Si.Zr/c2*1-4-10-5-6-11(8-10)7-9(2)3;;;;;;/h2*8-9H,4,6-7H2,1-3H3;2*1H3;2*1H;1H2;/q4*-1;;;;. The molecule has 0 aliphatic heterocycles. The van der Waals surface area contributed by atoms with E-state index in [0.29, 0.717) is 0 Å². The van der Waals surface area contributed by atoms with E-state index in [0.717, 1.165) is 37.5 Å². The summed E-state index contributed by atoms with van der Waals surface area (Å²) in [5, 5.41) is 0. The van der Waals surface area contributed by atoms with E-state index >= 15 is 0 Å². The van der Waals surface area contributed by atoms with Crippen molar-refractivity contribution in [3.05, 3.63) is 61.4 Å². The predicted molar refractivity (Wildman–Crippen MR) is 134 cm³/mol. The van der Waals surface area contributed by atoms with Crippen LogP contribution in [0.5, 0.6) is 0 Å². The van der Waals surface area contributed by atoms with Crippen molar-refractivity contribution in [1.29, 1.82) is 0 Å². The van der Waals surface area contributed by atoms with Crippen LogP contribution < -0.4 is 0 Å². The minimum absolute atomic E-state index is 0. The fraction of sp³-hybridized carbons (Fsp3) is 0.583. The number of halogens is 2. The van der Waals surface area contributed by atoms with Gasteiger partial charge in [0.2, 0.25) is 0 Å². The van der Waals surface area contributed by atoms with Crippen LogP contribution in [0.3, 0.4) is 0 Å². The van der Waals surface area contributed by atoms with Gasteiger partial charge in [0, 0.05) is 0 Å². The van der Waals surface area contributed by atoms with Gasteiger partial charge in [-0.2, -0.15) is 11.1 Å². The second kappa shape index (κ2) is 23.9. The second-order valence-electron chi connectivity index (χ2n) is 7.27. The third-order valence-corrected chi connectivity index (χ3v) is 3.94. The van der Waals surface area contributed by atoms with Crippen LogP contribution in [-0.2, 0) is 23.3 Å². The van der Waals surface area contributed by atoms with E-state index in [2.05, 4.69) is 65.8 Å². The third kappa shape index (κ3) is 18.7. The molecule has 0 amide bonds. The molecular weight excluding hydrogens is 478 g/mol. The van der Waals surface area contributed by atoms with Gasteiger partial charge in [-0.15, -0.1) is 37.7 Å². The molecule has 0 heterocycles. The van der Waals surface area contributed by atoms with E-state index < -0.39 is 0 Å². The number of hydrogen-bond acceptors (Lipinski definition) is 0. The average molecular weight is 523 g/mol. The molecule has 0 atom stereocenters. The van der Waals surface area contributed by atoms with Crippen LogP contribution in [-0.4, -0.2) is 6.88 Å². The summed E-state index contributed by atoms with van der Waals surface area (Å²) in [6.07, 6.45) is 18.4. The van der Waals surface area contributed by atoms with Crippen molar-refractivity contribution in [1.82, 2.24) is 0 Å². The molecule has 0 spiro atoms. The van der Waals surface area contributed by atoms with E-state index in [9.17, 15) is 0 Å². The van der Waals surface area contributed by atoms with Gasteiger partial charge >= 0.3 is 30.2 Å². The first-order valence-electron chi connectivity index (χ1n) is 9.38. The quantitative estimate of drug-likeness (QED) is 0.246. The Morgan fingerprint density at radius 3 is 1.25 bits per heavy atom. The predicted octanol–water partition coefficient (Wildman–Crippen LogP) is 7.83. The van der Waals surface area contributed by atoms with E-state index in [1.54, 1.807) is 34.5 Å². The summed E-state index contributed by atoms with van der Waals surface area (Å²) in [6, 6.07) is 0. The van der Waals surface area contributed by atoms with Crippen molar-refractivity contribution < 1.29 is 23.3 Å². The van der Waals surface area contributed by atoms with Crippen LogP contribution in [0.4, 0.5) is 0 Å². The van der Waals surface area contributed by atoms with Gasteiger partial charge < -0.3 is 14.9 Å². The van der Waals surface area contributed by atoms with Gasteiger partial charge in [0.1, 0.15) is 0 Å². The van der Waals surface area contributed by atoms with E-state index in [1.165, 1.54) is 24.0 Å². The fourth-order valence-electron chi connectivity index (χ4n) is 2.92. The zero-order valence-corrected chi connectivity index (χ0v) is 25.1. The molecule has 0 saturated heterocycles. The van der Waals surface area contributed by atoms with Crippen molar-refractivity contribution in [2.24, 2.45) is 11.8 Å². The minimum atomic E-state index is 0. The van der Waals surface area contributed by atoms with Gasteiger partial charge in [-0.05, 0) is 24.7 Å². The van der Waals surface area contributed by atoms with Crippen LogP contribution in [0.25, 0.3) is 0 Å². The van der Waals surface area contributed by atoms with E-state index in [-0.39, 0.29) is 39.7 Å². The van der Waals surface area contributed by atoms with E-state index in [1.807, 2.05) is 6.88 Å². The SMILES string of the molecule is CCC1=[C-]CC(CC(C)C)=C1.CCC1=[C-]CC(CC(C)C)=C1.Cl.Cl.[CH3-].[CH3-].[SiH2]=[Zr]. The van der Waals surface area contributed by atoms with Crippen LogP contribution in [0.15, 0.2) is 34.4 Å². The van der Waals surface area contributed by atoms with Crippen LogP contribution in [0.2, 0.25) is 0 Å². The summed E-state index contributed by atoms with van der Waals surface area (Å²) < 4.78 is 0. The first kappa shape index (κ1) is 39.2. The zero-order valence-electron chi connectivity index (χ0n) is 19.6. The molecule has 0 unspecified atom stereocenters. The Balaban J connectivity index is -0.000000102. The van der Waals surface area contributed by atoms with Crippen molar-refractivity contribution in [3.8, 4) is 0 Å². The number of allylic oxidation sites excluding steroid dienone is 8. The Kier molecular flexibility index (Phi) is 33.4. The number of rotatable bonds is 6. The summed E-state index contributed by atoms with van der Waals surface area (Å²) in [4.78, 5) is 0. The Bertz CT molecular complexity index is 445. The monoisotopic (exact) mass is 520 g/mol. The molecule has 0 radical (unpaired) electrons. The van der Waals surface area contributed by atoms with Crippen LogP contribution >= 0.6 is 24.8 Å². The molecule has 2 rings (SSSR count). The first-order chi connectivity index (χ1) is 11.4. The van der Waals surface area contributed by atoms with E-state index in [4.69, 9.17) is 0 Å². The second-order valence-corrected chi connectivity index (χ2v) is 7.27. The van der Waals surface area contributed by atoms with Gasteiger partial charge in [0.25, 0.3) is 0 Å². The van der Waals surface area contributed by atoms with Crippen molar-refractivity contribution >= 4 is 31.7 Å². The van der Waals surface area contributed by atoms with Gasteiger partial charge in [-0.3, -0.25) is 12.2 Å². The Morgan fingerprint density at radius 2 is 1.07 bits per heavy atom. The molecule has 0 aromatic carbocycles. The maximum atomic E-state index is 3.39. The number of hydrogen-bond donors (Lipinski definition) is 0. The molecule has 0 nitrogen and oxygen atoms in total. The Hall–Kier alpha value is 0.640. The van der Waals surface area contributed by atoms with Gasteiger partial charge in [0.05, 0.1) is 0 Å². The average Bonchev–Trinajstić information content (AvgIpc) is 3.18. The first-order valence-corrected chi connectivity index (χ1v) is 15.3. The molecule has 0 aromatic heterocycles. The normalized spacial score (nSPS) is 13.5. The van der Waals surface area contributed by atoms with Crippen molar-refractivity contribution in [2.45, 2.75) is 80.1 Å². The topological polar surface area (TPSA) is 0 Å². The van der Waals surface area contributed by atoms with Gasteiger partial charge in [0.15, 0.2) is 0 Å². The molecular formula is C24H44Cl2SiZr-4. The van der Waals surface area contributed by atoms with Gasteiger partial charge in [-0.25, -0.2) is 23.3 Å². The maximum absolute atomic E-state index is 3.39.